The highest BCUT2D eigenvalue weighted by atomic mass is 19.2. The molecule has 0 spiro atoms. The van der Waals surface area contributed by atoms with Gasteiger partial charge in [-0.15, -0.1) is 0 Å². The van der Waals surface area contributed by atoms with E-state index in [0.29, 0.717) is 5.56 Å². The topological polar surface area (TPSA) is 58.2 Å². The van der Waals surface area contributed by atoms with Gasteiger partial charge in [-0.05, 0) is 36.8 Å². The molecule has 6 heteroatoms. The first-order valence-electron chi connectivity index (χ1n) is 6.96. The van der Waals surface area contributed by atoms with Crippen LogP contribution < -0.4 is 10.6 Å². The number of benzene rings is 2. The van der Waals surface area contributed by atoms with Gasteiger partial charge >= 0.3 is 0 Å². The molecule has 0 radical (unpaired) electrons. The number of nitrogens with one attached hydrogen (secondary N) is 2. The Balaban J connectivity index is 2.30. The number of carbonyl (C=O) groups excluding carboxylic acids is 2. The van der Waals surface area contributed by atoms with Crippen molar-refractivity contribution in [1.29, 1.82) is 0 Å². The Kier molecular flexibility index (Phi) is 5.05. The first-order valence-corrected chi connectivity index (χ1v) is 6.96. The van der Waals surface area contributed by atoms with Crippen molar-refractivity contribution in [3.63, 3.8) is 0 Å². The summed E-state index contributed by atoms with van der Waals surface area (Å²) in [7, 11) is 1.40. The third-order valence-electron chi connectivity index (χ3n) is 3.34. The fourth-order valence-corrected chi connectivity index (χ4v) is 2.14. The van der Waals surface area contributed by atoms with Gasteiger partial charge in [0.05, 0.1) is 0 Å². The summed E-state index contributed by atoms with van der Waals surface area (Å²) in [5.74, 6) is -3.11. The number of halogens is 2. The van der Waals surface area contributed by atoms with Gasteiger partial charge in [0.1, 0.15) is 6.04 Å². The normalized spacial score (nSPS) is 11.7. The predicted octanol–water partition coefficient (Wildman–Crippen LogP) is 2.49. The van der Waals surface area contributed by atoms with Crippen LogP contribution in [0.5, 0.6) is 0 Å². The van der Waals surface area contributed by atoms with Gasteiger partial charge in [0.2, 0.25) is 5.91 Å². The molecule has 0 aliphatic carbocycles. The van der Waals surface area contributed by atoms with Crippen molar-refractivity contribution in [2.45, 2.75) is 13.0 Å². The maximum atomic E-state index is 13.4. The van der Waals surface area contributed by atoms with E-state index in [4.69, 9.17) is 0 Å². The van der Waals surface area contributed by atoms with Crippen LogP contribution in [0, 0.1) is 18.6 Å². The first-order chi connectivity index (χ1) is 10.9. The van der Waals surface area contributed by atoms with Crippen LogP contribution in [-0.4, -0.2) is 18.9 Å². The Morgan fingerprint density at radius 1 is 1.04 bits per heavy atom. The second-order valence-electron chi connectivity index (χ2n) is 5.06. The molecule has 0 bridgehead atoms. The molecule has 0 saturated heterocycles. The molecule has 23 heavy (non-hydrogen) atoms. The van der Waals surface area contributed by atoms with Gasteiger partial charge < -0.3 is 10.6 Å². The SMILES string of the molecule is CNC(=O)C(NC(=O)c1cccc(C)c1)c1ccc(F)c(F)c1. The molecule has 0 aliphatic rings. The molecule has 2 aromatic carbocycles. The van der Waals surface area contributed by atoms with E-state index in [1.165, 1.54) is 13.1 Å². The van der Waals surface area contributed by atoms with Crippen LogP contribution in [0.2, 0.25) is 0 Å². The van der Waals surface area contributed by atoms with Crippen molar-refractivity contribution < 1.29 is 18.4 Å². The van der Waals surface area contributed by atoms with Crippen LogP contribution in [0.3, 0.4) is 0 Å². The average Bonchev–Trinajstić information content (AvgIpc) is 2.54. The summed E-state index contributed by atoms with van der Waals surface area (Å²) in [6.45, 7) is 1.84. The van der Waals surface area contributed by atoms with Crippen molar-refractivity contribution in [1.82, 2.24) is 10.6 Å². The van der Waals surface area contributed by atoms with E-state index in [1.807, 2.05) is 13.0 Å². The molecule has 0 saturated carbocycles. The first kappa shape index (κ1) is 16.6. The number of aryl methyl sites for hydroxylation is 1. The zero-order valence-corrected chi connectivity index (χ0v) is 12.7. The van der Waals surface area contributed by atoms with Crippen LogP contribution >= 0.6 is 0 Å². The minimum Gasteiger partial charge on any atom is -0.357 e. The lowest BCUT2D eigenvalue weighted by Crippen LogP contribution is -2.39. The maximum absolute atomic E-state index is 13.4. The second-order valence-corrected chi connectivity index (χ2v) is 5.06. The number of carbonyl (C=O) groups is 2. The summed E-state index contributed by atoms with van der Waals surface area (Å²) in [5.41, 5.74) is 1.42. The molecular formula is C17H16F2N2O2. The van der Waals surface area contributed by atoms with Crippen LogP contribution in [0.25, 0.3) is 0 Å². The van der Waals surface area contributed by atoms with Crippen LogP contribution in [0.1, 0.15) is 27.5 Å². The number of likely N-dealkylation sites (N-methyl/N-ethyl adjacent to an activating group) is 1. The summed E-state index contributed by atoms with van der Waals surface area (Å²) in [6, 6.07) is 8.78. The number of amides is 2. The van der Waals surface area contributed by atoms with E-state index in [-0.39, 0.29) is 5.56 Å². The smallest absolute Gasteiger partial charge is 0.252 e. The van der Waals surface area contributed by atoms with Gasteiger partial charge in [0, 0.05) is 12.6 Å². The summed E-state index contributed by atoms with van der Waals surface area (Å²) in [4.78, 5) is 24.3. The standard InChI is InChI=1S/C17H16F2N2O2/c1-10-4-3-5-12(8-10)16(22)21-15(17(23)20-2)11-6-7-13(18)14(19)9-11/h3-9,15H,1-2H3,(H,20,23)(H,21,22). The van der Waals surface area contributed by atoms with Crippen molar-refractivity contribution in [2.24, 2.45) is 0 Å². The highest BCUT2D eigenvalue weighted by Crippen LogP contribution is 2.18. The highest BCUT2D eigenvalue weighted by Gasteiger charge is 2.23. The molecule has 0 heterocycles. The van der Waals surface area contributed by atoms with Gasteiger partial charge in [-0.2, -0.15) is 0 Å². The Bertz CT molecular complexity index is 747. The molecular weight excluding hydrogens is 302 g/mol. The minimum atomic E-state index is -1.12. The molecule has 2 aromatic rings. The van der Waals surface area contributed by atoms with Gasteiger partial charge in [-0.3, -0.25) is 9.59 Å². The zero-order chi connectivity index (χ0) is 17.0. The van der Waals surface area contributed by atoms with Crippen molar-refractivity contribution in [2.75, 3.05) is 7.05 Å². The maximum Gasteiger partial charge on any atom is 0.252 e. The van der Waals surface area contributed by atoms with Gasteiger partial charge in [-0.1, -0.05) is 23.8 Å². The lowest BCUT2D eigenvalue weighted by atomic mass is 10.0. The zero-order valence-electron chi connectivity index (χ0n) is 12.7. The molecule has 2 amide bonds. The number of hydrogen-bond donors (Lipinski definition) is 2. The molecule has 0 fully saturated rings. The summed E-state index contributed by atoms with van der Waals surface area (Å²) in [5, 5.41) is 4.93. The lowest BCUT2D eigenvalue weighted by Gasteiger charge is -2.18. The Morgan fingerprint density at radius 2 is 1.78 bits per heavy atom. The second kappa shape index (κ2) is 7.00. The van der Waals surface area contributed by atoms with Gasteiger partial charge in [-0.25, -0.2) is 8.78 Å². The number of hydrogen-bond acceptors (Lipinski definition) is 2. The van der Waals surface area contributed by atoms with Crippen molar-refractivity contribution in [3.8, 4) is 0 Å². The van der Waals surface area contributed by atoms with Gasteiger partial charge in [0.25, 0.3) is 5.91 Å². The number of rotatable bonds is 4. The molecule has 0 aliphatic heterocycles. The predicted molar refractivity (Wildman–Crippen MR) is 81.8 cm³/mol. The molecule has 1 atom stereocenters. The molecule has 4 nitrogen and oxygen atoms in total. The monoisotopic (exact) mass is 318 g/mol. The highest BCUT2D eigenvalue weighted by molar-refractivity contribution is 5.97. The Labute approximate surface area is 132 Å². The molecule has 120 valence electrons. The third kappa shape index (κ3) is 3.91. The van der Waals surface area contributed by atoms with Crippen LogP contribution in [-0.2, 0) is 4.79 Å². The lowest BCUT2D eigenvalue weighted by molar-refractivity contribution is -0.122. The fourth-order valence-electron chi connectivity index (χ4n) is 2.14. The molecule has 0 aromatic heterocycles. The van der Waals surface area contributed by atoms with Crippen LogP contribution in [0.15, 0.2) is 42.5 Å². The van der Waals surface area contributed by atoms with E-state index < -0.39 is 29.5 Å². The summed E-state index contributed by atoms with van der Waals surface area (Å²) < 4.78 is 26.5. The average molecular weight is 318 g/mol. The summed E-state index contributed by atoms with van der Waals surface area (Å²) >= 11 is 0. The summed E-state index contributed by atoms with van der Waals surface area (Å²) in [6.07, 6.45) is 0. The Morgan fingerprint density at radius 3 is 2.39 bits per heavy atom. The van der Waals surface area contributed by atoms with Crippen LogP contribution in [0.4, 0.5) is 8.78 Å². The molecule has 2 rings (SSSR count). The van der Waals surface area contributed by atoms with E-state index in [1.54, 1.807) is 18.2 Å². The van der Waals surface area contributed by atoms with E-state index in [2.05, 4.69) is 10.6 Å². The quantitative estimate of drug-likeness (QED) is 0.910. The van der Waals surface area contributed by atoms with Gasteiger partial charge in [0.15, 0.2) is 11.6 Å². The largest absolute Gasteiger partial charge is 0.357 e. The van der Waals surface area contributed by atoms with E-state index in [9.17, 15) is 18.4 Å². The third-order valence-corrected chi connectivity index (χ3v) is 3.34. The Hall–Kier alpha value is -2.76. The fraction of sp³-hybridized carbons (Fsp3) is 0.176. The van der Waals surface area contributed by atoms with E-state index in [0.717, 1.165) is 17.7 Å². The molecule has 2 N–H and O–H groups in total. The molecule has 1 unspecified atom stereocenters. The van der Waals surface area contributed by atoms with Crippen molar-refractivity contribution in [3.05, 3.63) is 70.8 Å². The minimum absolute atomic E-state index is 0.157. The van der Waals surface area contributed by atoms with Crippen molar-refractivity contribution >= 4 is 11.8 Å². The van der Waals surface area contributed by atoms with E-state index >= 15 is 0 Å².